The smallest absolute Gasteiger partial charge is 0.225 e. The topological polar surface area (TPSA) is 20.3 Å². The predicted molar refractivity (Wildman–Crippen MR) is 60.4 cm³/mol. The fourth-order valence-corrected chi connectivity index (χ4v) is 3.22. The van der Waals surface area contributed by atoms with Crippen LogP contribution in [0.3, 0.4) is 0 Å². The highest BCUT2D eigenvalue weighted by molar-refractivity contribution is 9.09. The van der Waals surface area contributed by atoms with Crippen molar-refractivity contribution in [3.63, 3.8) is 0 Å². The Morgan fingerprint density at radius 2 is 2.14 bits per heavy atom. The van der Waals surface area contributed by atoms with E-state index in [-0.39, 0.29) is 0 Å². The minimum absolute atomic E-state index is 0.327. The number of nitrogens with zero attached hydrogens (tertiary/aromatic N) is 1. The van der Waals surface area contributed by atoms with Gasteiger partial charge in [-0.2, -0.15) is 0 Å². The number of hydrogen-bond acceptors (Lipinski definition) is 1. The van der Waals surface area contributed by atoms with Gasteiger partial charge in [-0.25, -0.2) is 0 Å². The third-order valence-electron chi connectivity index (χ3n) is 3.62. The highest BCUT2D eigenvalue weighted by Crippen LogP contribution is 2.33. The summed E-state index contributed by atoms with van der Waals surface area (Å²) >= 11 is 3.58. The van der Waals surface area contributed by atoms with Crippen LogP contribution in [0.5, 0.6) is 0 Å². The lowest BCUT2D eigenvalue weighted by Gasteiger charge is -2.22. The molecule has 0 N–H and O–H groups in total. The van der Waals surface area contributed by atoms with Crippen LogP contribution in [-0.2, 0) is 4.79 Å². The average molecular weight is 260 g/mol. The van der Waals surface area contributed by atoms with E-state index in [1.807, 2.05) is 4.90 Å². The van der Waals surface area contributed by atoms with Crippen molar-refractivity contribution >= 4 is 21.8 Å². The standard InChI is InChI=1S/C11H18BrNO/c1-8-3-2-4-10(8)11(14)13-6-5-9(12)7-13/h8-10H,2-7H2,1H3. The molecule has 0 spiro atoms. The molecule has 14 heavy (non-hydrogen) atoms. The van der Waals surface area contributed by atoms with Gasteiger partial charge in [0.15, 0.2) is 0 Å². The molecule has 3 heteroatoms. The van der Waals surface area contributed by atoms with Crippen LogP contribution in [0, 0.1) is 11.8 Å². The van der Waals surface area contributed by atoms with E-state index in [0.717, 1.165) is 25.9 Å². The van der Waals surface area contributed by atoms with Crippen LogP contribution >= 0.6 is 15.9 Å². The Morgan fingerprint density at radius 3 is 2.64 bits per heavy atom. The van der Waals surface area contributed by atoms with E-state index < -0.39 is 0 Å². The van der Waals surface area contributed by atoms with Crippen LogP contribution in [-0.4, -0.2) is 28.7 Å². The molecule has 0 aromatic heterocycles. The van der Waals surface area contributed by atoms with E-state index in [0.29, 0.717) is 22.6 Å². The van der Waals surface area contributed by atoms with Crippen LogP contribution in [0.2, 0.25) is 0 Å². The molecule has 0 radical (unpaired) electrons. The molecule has 1 saturated carbocycles. The molecule has 80 valence electrons. The first kappa shape index (κ1) is 10.5. The van der Waals surface area contributed by atoms with Gasteiger partial charge in [0.25, 0.3) is 0 Å². The number of likely N-dealkylation sites (tertiary alicyclic amines) is 1. The molecular weight excluding hydrogens is 242 g/mol. The van der Waals surface area contributed by atoms with Crippen molar-refractivity contribution < 1.29 is 4.79 Å². The molecule has 1 aliphatic carbocycles. The molecule has 1 aliphatic heterocycles. The molecule has 0 aromatic carbocycles. The van der Waals surface area contributed by atoms with Crippen LogP contribution in [0.15, 0.2) is 0 Å². The van der Waals surface area contributed by atoms with Gasteiger partial charge in [0.2, 0.25) is 5.91 Å². The summed E-state index contributed by atoms with van der Waals surface area (Å²) in [7, 11) is 0. The minimum atomic E-state index is 0.327. The average Bonchev–Trinajstić information content (AvgIpc) is 2.73. The number of alkyl halides is 1. The summed E-state index contributed by atoms with van der Waals surface area (Å²) < 4.78 is 0. The number of amides is 1. The van der Waals surface area contributed by atoms with Gasteiger partial charge in [-0.1, -0.05) is 29.3 Å². The van der Waals surface area contributed by atoms with Gasteiger partial charge in [0.05, 0.1) is 0 Å². The predicted octanol–water partition coefficient (Wildman–Crippen LogP) is 2.42. The lowest BCUT2D eigenvalue weighted by atomic mass is 9.97. The summed E-state index contributed by atoms with van der Waals surface area (Å²) in [5.74, 6) is 1.35. The van der Waals surface area contributed by atoms with E-state index >= 15 is 0 Å². The normalized spacial score (nSPS) is 37.9. The number of carbonyl (C=O) groups is 1. The van der Waals surface area contributed by atoms with Crippen molar-refractivity contribution in [3.8, 4) is 0 Å². The summed E-state index contributed by atoms with van der Waals surface area (Å²) in [6.45, 7) is 4.09. The number of hydrogen-bond donors (Lipinski definition) is 0. The maximum absolute atomic E-state index is 12.1. The van der Waals surface area contributed by atoms with Crippen molar-refractivity contribution in [2.75, 3.05) is 13.1 Å². The SMILES string of the molecule is CC1CCCC1C(=O)N1CCC(Br)C1. The second-order valence-electron chi connectivity index (χ2n) is 4.68. The van der Waals surface area contributed by atoms with Crippen LogP contribution in [0.1, 0.15) is 32.6 Å². The Hall–Kier alpha value is -0.0500. The zero-order chi connectivity index (χ0) is 10.1. The van der Waals surface area contributed by atoms with Gasteiger partial charge in [-0.05, 0) is 25.2 Å². The van der Waals surface area contributed by atoms with Crippen molar-refractivity contribution in [2.24, 2.45) is 11.8 Å². The minimum Gasteiger partial charge on any atom is -0.341 e. The van der Waals surface area contributed by atoms with Crippen LogP contribution in [0.4, 0.5) is 0 Å². The van der Waals surface area contributed by atoms with E-state index in [1.54, 1.807) is 0 Å². The quantitative estimate of drug-likeness (QED) is 0.663. The van der Waals surface area contributed by atoms with E-state index in [9.17, 15) is 4.79 Å². The fraction of sp³-hybridized carbons (Fsp3) is 0.909. The molecule has 0 aromatic rings. The Kier molecular flexibility index (Phi) is 3.15. The molecule has 2 aliphatic rings. The first-order valence-electron chi connectivity index (χ1n) is 5.61. The molecule has 0 bridgehead atoms. The van der Waals surface area contributed by atoms with Crippen LogP contribution in [0.25, 0.3) is 0 Å². The maximum Gasteiger partial charge on any atom is 0.225 e. The summed E-state index contributed by atoms with van der Waals surface area (Å²) in [4.78, 5) is 14.7. The Morgan fingerprint density at radius 1 is 1.36 bits per heavy atom. The Balaban J connectivity index is 1.94. The molecule has 3 atom stereocenters. The summed E-state index contributed by atoms with van der Waals surface area (Å²) in [5.41, 5.74) is 0. The second-order valence-corrected chi connectivity index (χ2v) is 5.98. The molecular formula is C11H18BrNO. The summed E-state index contributed by atoms with van der Waals surface area (Å²) in [5, 5.41) is 0. The molecule has 2 rings (SSSR count). The molecule has 1 amide bonds. The van der Waals surface area contributed by atoms with Crippen molar-refractivity contribution in [1.82, 2.24) is 4.90 Å². The Labute approximate surface area is 94.2 Å². The van der Waals surface area contributed by atoms with Gasteiger partial charge in [-0.15, -0.1) is 0 Å². The largest absolute Gasteiger partial charge is 0.341 e. The van der Waals surface area contributed by atoms with Crippen LogP contribution < -0.4 is 0 Å². The number of carbonyl (C=O) groups excluding carboxylic acids is 1. The molecule has 1 saturated heterocycles. The monoisotopic (exact) mass is 259 g/mol. The third kappa shape index (κ3) is 1.97. The maximum atomic E-state index is 12.1. The first-order chi connectivity index (χ1) is 6.68. The summed E-state index contributed by atoms with van der Waals surface area (Å²) in [6, 6.07) is 0. The van der Waals surface area contributed by atoms with Gasteiger partial charge < -0.3 is 4.90 Å². The Bertz CT molecular complexity index is 231. The van der Waals surface area contributed by atoms with Crippen molar-refractivity contribution in [1.29, 1.82) is 0 Å². The molecule has 3 unspecified atom stereocenters. The number of rotatable bonds is 1. The highest BCUT2D eigenvalue weighted by Gasteiger charge is 2.35. The highest BCUT2D eigenvalue weighted by atomic mass is 79.9. The van der Waals surface area contributed by atoms with E-state index in [1.165, 1.54) is 12.8 Å². The van der Waals surface area contributed by atoms with Gasteiger partial charge in [0, 0.05) is 23.8 Å². The van der Waals surface area contributed by atoms with Gasteiger partial charge >= 0.3 is 0 Å². The van der Waals surface area contributed by atoms with Gasteiger partial charge in [-0.3, -0.25) is 4.79 Å². The van der Waals surface area contributed by atoms with Crippen molar-refractivity contribution in [3.05, 3.63) is 0 Å². The third-order valence-corrected chi connectivity index (χ3v) is 4.37. The molecule has 2 fully saturated rings. The first-order valence-corrected chi connectivity index (χ1v) is 6.53. The lowest BCUT2D eigenvalue weighted by Crippen LogP contribution is -2.35. The number of halogens is 1. The lowest BCUT2D eigenvalue weighted by molar-refractivity contribution is -0.135. The molecule has 1 heterocycles. The molecule has 2 nitrogen and oxygen atoms in total. The summed E-state index contributed by atoms with van der Waals surface area (Å²) in [6.07, 6.45) is 4.71. The van der Waals surface area contributed by atoms with E-state index in [4.69, 9.17) is 0 Å². The van der Waals surface area contributed by atoms with E-state index in [2.05, 4.69) is 22.9 Å². The van der Waals surface area contributed by atoms with Crippen molar-refractivity contribution in [2.45, 2.75) is 37.4 Å². The zero-order valence-electron chi connectivity index (χ0n) is 8.71. The zero-order valence-corrected chi connectivity index (χ0v) is 10.3. The second kappa shape index (κ2) is 4.21. The van der Waals surface area contributed by atoms with Gasteiger partial charge in [0.1, 0.15) is 0 Å². The fourth-order valence-electron chi connectivity index (χ4n) is 2.66.